The molecule has 1 aromatic rings. The number of ketones is 2. The Morgan fingerprint density at radius 1 is 0.897 bits per heavy atom. The molecule has 1 aliphatic rings. The Labute approximate surface area is 171 Å². The molecule has 1 fully saturated rings. The first kappa shape index (κ1) is 24.9. The summed E-state index contributed by atoms with van der Waals surface area (Å²) in [6.07, 6.45) is 1.31. The normalized spacial score (nSPS) is 14.9. The molecule has 0 aromatic heterocycles. The molecule has 1 saturated carbocycles. The van der Waals surface area contributed by atoms with Gasteiger partial charge in [0, 0.05) is 41.9 Å². The zero-order chi connectivity index (χ0) is 22.0. The molecule has 8 heteroatoms. The third-order valence-electron chi connectivity index (χ3n) is 5.26. The summed E-state index contributed by atoms with van der Waals surface area (Å²) in [5.41, 5.74) is 0.0946. The first-order valence-corrected chi connectivity index (χ1v) is 9.49. The topological polar surface area (TPSA) is 123 Å². The van der Waals surface area contributed by atoms with Crippen LogP contribution in [0.4, 0.5) is 0 Å². The van der Waals surface area contributed by atoms with Crippen molar-refractivity contribution >= 4 is 11.6 Å². The van der Waals surface area contributed by atoms with E-state index >= 15 is 0 Å². The second-order valence-electron chi connectivity index (χ2n) is 7.13. The van der Waals surface area contributed by atoms with Crippen molar-refractivity contribution in [1.29, 1.82) is 0 Å². The lowest BCUT2D eigenvalue weighted by Crippen LogP contribution is -2.32. The molecule has 0 spiro atoms. The molecule has 0 amide bonds. The fourth-order valence-electron chi connectivity index (χ4n) is 3.11. The highest BCUT2D eigenvalue weighted by molar-refractivity contribution is 6.02. The van der Waals surface area contributed by atoms with E-state index in [1.807, 2.05) is 6.92 Å². The van der Waals surface area contributed by atoms with E-state index in [0.717, 1.165) is 5.56 Å². The molecule has 0 saturated heterocycles. The van der Waals surface area contributed by atoms with Gasteiger partial charge in [-0.3, -0.25) is 9.59 Å². The van der Waals surface area contributed by atoms with Crippen LogP contribution in [-0.4, -0.2) is 68.0 Å². The molecule has 3 N–H and O–H groups in total. The lowest BCUT2D eigenvalue weighted by molar-refractivity contribution is -0.130. The summed E-state index contributed by atoms with van der Waals surface area (Å²) in [6, 6.07) is 3.48. The maximum atomic E-state index is 11.7. The van der Waals surface area contributed by atoms with Gasteiger partial charge in [0.1, 0.15) is 28.8 Å². The van der Waals surface area contributed by atoms with E-state index in [9.17, 15) is 9.59 Å². The first-order chi connectivity index (χ1) is 13.8. The number of carbonyl (C=O) groups is 2. The molecule has 0 atom stereocenters. The molecular weight excluding hydrogens is 380 g/mol. The molecule has 8 nitrogen and oxygen atoms in total. The number of carbonyl (C=O) groups excluding carboxylic acids is 2. The van der Waals surface area contributed by atoms with Crippen LogP contribution in [-0.2, 0) is 9.59 Å². The molecule has 0 bridgehead atoms. The van der Waals surface area contributed by atoms with Crippen molar-refractivity contribution < 1.29 is 39.1 Å². The third-order valence-corrected chi connectivity index (χ3v) is 5.26. The Morgan fingerprint density at radius 3 is 1.62 bits per heavy atom. The van der Waals surface area contributed by atoms with Crippen LogP contribution in [0.5, 0.6) is 17.2 Å². The van der Waals surface area contributed by atoms with E-state index in [-0.39, 0.29) is 43.7 Å². The summed E-state index contributed by atoms with van der Waals surface area (Å²) in [4.78, 5) is 23.3. The van der Waals surface area contributed by atoms with Crippen LogP contribution < -0.4 is 14.2 Å². The van der Waals surface area contributed by atoms with E-state index < -0.39 is 5.41 Å². The zero-order valence-electron chi connectivity index (χ0n) is 17.6. The molecule has 2 rings (SSSR count). The lowest BCUT2D eigenvalue weighted by Gasteiger charge is -2.24. The fourth-order valence-corrected chi connectivity index (χ4v) is 3.11. The van der Waals surface area contributed by atoms with Crippen LogP contribution in [0.2, 0.25) is 0 Å². The molecular formula is C21H32O8. The van der Waals surface area contributed by atoms with Crippen LogP contribution in [0.1, 0.15) is 44.1 Å². The van der Waals surface area contributed by atoms with Crippen LogP contribution >= 0.6 is 0 Å². The van der Waals surface area contributed by atoms with E-state index in [4.69, 9.17) is 29.5 Å². The Kier molecular flexibility index (Phi) is 10.1. The standard InChI is InChI=1S/C15H18O5.C6H14O3/c1-18-12-7-13(19-2)15(14(8-12)20-3)9-4-10(16)6-11(17)5-9;1-2-6(3-7,4-8)5-9/h7-9H,4-6H2,1-3H3;7-9H,2-5H2,1H3. The van der Waals surface area contributed by atoms with Crippen molar-refractivity contribution in [2.75, 3.05) is 41.2 Å². The minimum absolute atomic E-state index is 0.0359. The quantitative estimate of drug-likeness (QED) is 0.549. The predicted octanol–water partition coefficient (Wildman–Crippen LogP) is 1.48. The van der Waals surface area contributed by atoms with Gasteiger partial charge in [0.2, 0.25) is 0 Å². The van der Waals surface area contributed by atoms with Crippen molar-refractivity contribution in [2.24, 2.45) is 5.41 Å². The fraction of sp³-hybridized carbons (Fsp3) is 0.619. The van der Waals surface area contributed by atoms with Crippen LogP contribution in [0.25, 0.3) is 0 Å². The smallest absolute Gasteiger partial charge is 0.140 e. The third kappa shape index (κ3) is 6.42. The molecule has 0 aliphatic heterocycles. The van der Waals surface area contributed by atoms with E-state index in [0.29, 0.717) is 36.5 Å². The highest BCUT2D eigenvalue weighted by atomic mass is 16.5. The van der Waals surface area contributed by atoms with Gasteiger partial charge in [0.25, 0.3) is 0 Å². The van der Waals surface area contributed by atoms with Crippen molar-refractivity contribution in [3.8, 4) is 17.2 Å². The van der Waals surface area contributed by atoms with Gasteiger partial charge in [-0.1, -0.05) is 6.92 Å². The molecule has 0 radical (unpaired) electrons. The Bertz CT molecular complexity index is 623. The number of aliphatic hydroxyl groups excluding tert-OH is 3. The van der Waals surface area contributed by atoms with E-state index in [2.05, 4.69) is 0 Å². The van der Waals surface area contributed by atoms with Gasteiger partial charge in [-0.15, -0.1) is 0 Å². The Morgan fingerprint density at radius 2 is 1.34 bits per heavy atom. The van der Waals surface area contributed by atoms with Crippen LogP contribution in [0.15, 0.2) is 12.1 Å². The average Bonchev–Trinajstić information content (AvgIpc) is 2.74. The van der Waals surface area contributed by atoms with Gasteiger partial charge < -0.3 is 29.5 Å². The maximum absolute atomic E-state index is 11.7. The number of hydrogen-bond acceptors (Lipinski definition) is 8. The Balaban J connectivity index is 0.000000396. The highest BCUT2D eigenvalue weighted by Crippen LogP contribution is 2.43. The minimum atomic E-state index is -0.667. The second-order valence-corrected chi connectivity index (χ2v) is 7.13. The monoisotopic (exact) mass is 412 g/mol. The van der Waals surface area contributed by atoms with Gasteiger partial charge in [-0.2, -0.15) is 0 Å². The summed E-state index contributed by atoms with van der Waals surface area (Å²) in [6.45, 7) is 1.35. The lowest BCUT2D eigenvalue weighted by atomic mass is 9.81. The highest BCUT2D eigenvalue weighted by Gasteiger charge is 2.31. The molecule has 164 valence electrons. The van der Waals surface area contributed by atoms with Crippen LogP contribution in [0, 0.1) is 5.41 Å². The van der Waals surface area contributed by atoms with Gasteiger partial charge >= 0.3 is 0 Å². The number of ether oxygens (including phenoxy) is 3. The number of methoxy groups -OCH3 is 3. The number of hydrogen-bond donors (Lipinski definition) is 3. The molecule has 1 aromatic carbocycles. The van der Waals surface area contributed by atoms with Gasteiger partial charge in [-0.05, 0) is 6.42 Å². The summed E-state index contributed by atoms with van der Waals surface area (Å²) < 4.78 is 15.9. The number of rotatable bonds is 8. The molecule has 1 aliphatic carbocycles. The van der Waals surface area contributed by atoms with Gasteiger partial charge in [0.05, 0.1) is 47.6 Å². The average molecular weight is 412 g/mol. The number of aliphatic hydroxyl groups is 3. The molecule has 0 heterocycles. The van der Waals surface area contributed by atoms with Gasteiger partial charge in [-0.25, -0.2) is 0 Å². The maximum Gasteiger partial charge on any atom is 0.140 e. The van der Waals surface area contributed by atoms with Crippen molar-refractivity contribution in [1.82, 2.24) is 0 Å². The Hall–Kier alpha value is -2.16. The summed E-state index contributed by atoms with van der Waals surface area (Å²) in [5, 5.41) is 26.0. The van der Waals surface area contributed by atoms with E-state index in [1.165, 1.54) is 0 Å². The SMILES string of the molecule is CCC(CO)(CO)CO.COc1cc(OC)c(C2CC(=O)CC(=O)C2)c(OC)c1. The second kappa shape index (κ2) is 11.7. The van der Waals surface area contributed by atoms with Crippen molar-refractivity contribution in [2.45, 2.75) is 38.5 Å². The largest absolute Gasteiger partial charge is 0.496 e. The minimum Gasteiger partial charge on any atom is -0.496 e. The zero-order valence-corrected chi connectivity index (χ0v) is 17.6. The van der Waals surface area contributed by atoms with Crippen molar-refractivity contribution in [3.63, 3.8) is 0 Å². The summed E-state index contributed by atoms with van der Waals surface area (Å²) in [5.74, 6) is 1.50. The van der Waals surface area contributed by atoms with Gasteiger partial charge in [0.15, 0.2) is 0 Å². The molecule has 29 heavy (non-hydrogen) atoms. The van der Waals surface area contributed by atoms with Crippen LogP contribution in [0.3, 0.4) is 0 Å². The first-order valence-electron chi connectivity index (χ1n) is 9.49. The number of benzene rings is 1. The molecule has 0 unspecified atom stereocenters. The summed E-state index contributed by atoms with van der Waals surface area (Å²) in [7, 11) is 4.65. The number of Topliss-reactive ketones (excluding diaryl/α,β-unsaturated/α-hetero) is 2. The predicted molar refractivity (Wildman–Crippen MR) is 107 cm³/mol. The summed E-state index contributed by atoms with van der Waals surface area (Å²) >= 11 is 0. The van der Waals surface area contributed by atoms with E-state index in [1.54, 1.807) is 33.5 Å². The van der Waals surface area contributed by atoms with Crippen molar-refractivity contribution in [3.05, 3.63) is 17.7 Å².